The first kappa shape index (κ1) is 19.6. The van der Waals surface area contributed by atoms with Crippen molar-refractivity contribution in [3.63, 3.8) is 0 Å². The minimum atomic E-state index is -4.40. The number of carbonyl (C=O) groups excluding carboxylic acids is 2. The molecule has 0 aromatic heterocycles. The Morgan fingerprint density at radius 1 is 1.08 bits per heavy atom. The summed E-state index contributed by atoms with van der Waals surface area (Å²) < 4.78 is 37.5. The van der Waals surface area contributed by atoms with Gasteiger partial charge in [-0.25, -0.2) is 0 Å². The minimum absolute atomic E-state index is 0.0777. The summed E-state index contributed by atoms with van der Waals surface area (Å²) in [5, 5.41) is 2.66. The van der Waals surface area contributed by atoms with E-state index in [0.717, 1.165) is 12.1 Å². The van der Waals surface area contributed by atoms with Crippen LogP contribution < -0.4 is 11.1 Å². The summed E-state index contributed by atoms with van der Waals surface area (Å²) in [4.78, 5) is 23.6. The molecular weight excluding hydrogens is 365 g/mol. The van der Waals surface area contributed by atoms with Crippen LogP contribution >= 0.6 is 11.8 Å². The predicted octanol–water partition coefficient (Wildman–Crippen LogP) is 3.93. The second-order valence-corrected chi connectivity index (χ2v) is 6.21. The molecule has 2 aromatic rings. The molecule has 0 aliphatic heterocycles. The van der Waals surface area contributed by atoms with Crippen LogP contribution in [0.5, 0.6) is 0 Å². The van der Waals surface area contributed by atoms with E-state index in [1.54, 1.807) is 24.3 Å². The van der Waals surface area contributed by atoms with Gasteiger partial charge in [0.1, 0.15) is 0 Å². The van der Waals surface area contributed by atoms with Crippen molar-refractivity contribution in [2.75, 3.05) is 11.1 Å². The quantitative estimate of drug-likeness (QED) is 0.589. The number of nitrogens with one attached hydrogen (secondary N) is 1. The van der Waals surface area contributed by atoms with Crippen LogP contribution in [-0.2, 0) is 15.8 Å². The zero-order valence-corrected chi connectivity index (χ0v) is 14.2. The monoisotopic (exact) mass is 380 g/mol. The third kappa shape index (κ3) is 5.96. The second kappa shape index (κ2) is 8.57. The lowest BCUT2D eigenvalue weighted by molar-refractivity contribution is -0.137. The van der Waals surface area contributed by atoms with Gasteiger partial charge < -0.3 is 11.1 Å². The molecule has 2 aromatic carbocycles. The molecule has 2 rings (SSSR count). The lowest BCUT2D eigenvalue weighted by Gasteiger charge is -2.08. The molecule has 0 unspecified atom stereocenters. The van der Waals surface area contributed by atoms with Crippen LogP contribution in [0.25, 0.3) is 6.08 Å². The fourth-order valence-corrected chi connectivity index (χ4v) is 2.72. The summed E-state index contributed by atoms with van der Waals surface area (Å²) in [7, 11) is 0. The summed E-state index contributed by atoms with van der Waals surface area (Å²) in [6.45, 7) is 0. The highest BCUT2D eigenvalue weighted by atomic mass is 32.2. The van der Waals surface area contributed by atoms with Crippen molar-refractivity contribution in [1.82, 2.24) is 0 Å². The van der Waals surface area contributed by atoms with Crippen LogP contribution in [0.15, 0.2) is 59.5 Å². The number of rotatable bonds is 6. The lowest BCUT2D eigenvalue weighted by Crippen LogP contribution is -2.13. The van der Waals surface area contributed by atoms with Crippen molar-refractivity contribution in [1.29, 1.82) is 0 Å². The van der Waals surface area contributed by atoms with Gasteiger partial charge in [-0.2, -0.15) is 13.2 Å². The van der Waals surface area contributed by atoms with Crippen molar-refractivity contribution in [3.05, 3.63) is 65.7 Å². The fourth-order valence-electron chi connectivity index (χ4n) is 1.97. The third-order valence-corrected chi connectivity index (χ3v) is 4.28. The van der Waals surface area contributed by atoms with Gasteiger partial charge >= 0.3 is 6.18 Å². The molecular formula is C18H15F3N2O2S. The molecule has 0 radical (unpaired) electrons. The Bertz CT molecular complexity index is 818. The summed E-state index contributed by atoms with van der Waals surface area (Å²) in [5.41, 5.74) is 5.34. The van der Waals surface area contributed by atoms with Gasteiger partial charge in [0, 0.05) is 11.0 Å². The number of hydrogen-bond acceptors (Lipinski definition) is 3. The molecule has 26 heavy (non-hydrogen) atoms. The van der Waals surface area contributed by atoms with E-state index >= 15 is 0 Å². The topological polar surface area (TPSA) is 72.2 Å². The standard InChI is InChI=1S/C18H15F3N2O2S/c19-18(20,21)13-8-5-12(6-9-13)7-10-17(25)23-14-3-1-2-4-15(14)26-11-16(22)24/h1-10H,11H2,(H2,22,24)(H,23,25)/b10-7+. The highest BCUT2D eigenvalue weighted by Crippen LogP contribution is 2.29. The maximum atomic E-state index is 12.5. The second-order valence-electron chi connectivity index (χ2n) is 5.19. The van der Waals surface area contributed by atoms with Gasteiger partial charge in [0.2, 0.25) is 11.8 Å². The number of nitrogens with two attached hydrogens (primary N) is 1. The number of anilines is 1. The number of halogens is 3. The first-order valence-electron chi connectivity index (χ1n) is 7.42. The zero-order chi connectivity index (χ0) is 19.2. The van der Waals surface area contributed by atoms with Crippen LogP contribution in [-0.4, -0.2) is 17.6 Å². The fraction of sp³-hybridized carbons (Fsp3) is 0.111. The summed E-state index contributed by atoms with van der Waals surface area (Å²) >= 11 is 1.20. The Balaban J connectivity index is 2.02. The Morgan fingerprint density at radius 3 is 2.35 bits per heavy atom. The van der Waals surface area contributed by atoms with E-state index in [0.29, 0.717) is 16.1 Å². The average Bonchev–Trinajstić information content (AvgIpc) is 2.59. The van der Waals surface area contributed by atoms with Crippen LogP contribution in [0.3, 0.4) is 0 Å². The van der Waals surface area contributed by atoms with Crippen molar-refractivity contribution in [2.24, 2.45) is 5.73 Å². The van der Waals surface area contributed by atoms with Gasteiger partial charge in [0.25, 0.3) is 0 Å². The Labute approximate surface area is 152 Å². The molecule has 3 N–H and O–H groups in total. The first-order valence-corrected chi connectivity index (χ1v) is 8.41. The van der Waals surface area contributed by atoms with E-state index in [1.807, 2.05) is 0 Å². The summed E-state index contributed by atoms with van der Waals surface area (Å²) in [6, 6.07) is 11.4. The number of para-hydroxylation sites is 1. The van der Waals surface area contributed by atoms with Crippen LogP contribution in [0, 0.1) is 0 Å². The molecule has 0 bridgehead atoms. The number of benzene rings is 2. The van der Waals surface area contributed by atoms with E-state index in [-0.39, 0.29) is 5.75 Å². The molecule has 0 saturated heterocycles. The molecule has 0 atom stereocenters. The Kier molecular flexibility index (Phi) is 6.46. The Morgan fingerprint density at radius 2 is 1.73 bits per heavy atom. The van der Waals surface area contributed by atoms with Crippen molar-refractivity contribution in [3.8, 4) is 0 Å². The van der Waals surface area contributed by atoms with Crippen molar-refractivity contribution >= 4 is 35.3 Å². The van der Waals surface area contributed by atoms with Crippen LogP contribution in [0.2, 0.25) is 0 Å². The molecule has 8 heteroatoms. The molecule has 4 nitrogen and oxygen atoms in total. The van der Waals surface area contributed by atoms with E-state index in [9.17, 15) is 22.8 Å². The molecule has 0 heterocycles. The normalized spacial score (nSPS) is 11.5. The number of carbonyl (C=O) groups is 2. The minimum Gasteiger partial charge on any atom is -0.369 e. The first-order chi connectivity index (χ1) is 12.3. The molecule has 2 amide bonds. The summed E-state index contributed by atoms with van der Waals surface area (Å²) in [6.07, 6.45) is -1.77. The smallest absolute Gasteiger partial charge is 0.369 e. The molecule has 0 aliphatic rings. The highest BCUT2D eigenvalue weighted by Gasteiger charge is 2.29. The van der Waals surface area contributed by atoms with Gasteiger partial charge in [0.05, 0.1) is 17.0 Å². The van der Waals surface area contributed by atoms with Crippen molar-refractivity contribution < 1.29 is 22.8 Å². The van der Waals surface area contributed by atoms with Crippen molar-refractivity contribution in [2.45, 2.75) is 11.1 Å². The van der Waals surface area contributed by atoms with Crippen LogP contribution in [0.4, 0.5) is 18.9 Å². The largest absolute Gasteiger partial charge is 0.416 e. The molecule has 0 saturated carbocycles. The van der Waals surface area contributed by atoms with Crippen LogP contribution in [0.1, 0.15) is 11.1 Å². The van der Waals surface area contributed by atoms with E-state index in [4.69, 9.17) is 5.73 Å². The van der Waals surface area contributed by atoms with E-state index in [1.165, 1.54) is 36.0 Å². The third-order valence-electron chi connectivity index (χ3n) is 3.18. The lowest BCUT2D eigenvalue weighted by atomic mass is 10.1. The average molecular weight is 380 g/mol. The number of alkyl halides is 3. The van der Waals surface area contributed by atoms with Gasteiger partial charge in [0.15, 0.2) is 0 Å². The maximum absolute atomic E-state index is 12.5. The SMILES string of the molecule is NC(=O)CSc1ccccc1NC(=O)/C=C/c1ccc(C(F)(F)F)cc1. The Hall–Kier alpha value is -2.74. The van der Waals surface area contributed by atoms with Gasteiger partial charge in [-0.3, -0.25) is 9.59 Å². The molecule has 0 fully saturated rings. The van der Waals surface area contributed by atoms with E-state index < -0.39 is 23.6 Å². The van der Waals surface area contributed by atoms with Gasteiger partial charge in [-0.05, 0) is 35.9 Å². The molecule has 0 aliphatic carbocycles. The number of hydrogen-bond donors (Lipinski definition) is 2. The molecule has 0 spiro atoms. The predicted molar refractivity (Wildman–Crippen MR) is 95.5 cm³/mol. The zero-order valence-electron chi connectivity index (χ0n) is 13.4. The van der Waals surface area contributed by atoms with Gasteiger partial charge in [-0.1, -0.05) is 24.3 Å². The molecule has 136 valence electrons. The number of amides is 2. The number of thioether (sulfide) groups is 1. The highest BCUT2D eigenvalue weighted by molar-refractivity contribution is 8.00. The summed E-state index contributed by atoms with van der Waals surface area (Å²) in [5.74, 6) is -0.843. The number of primary amides is 1. The van der Waals surface area contributed by atoms with Gasteiger partial charge in [-0.15, -0.1) is 11.8 Å². The maximum Gasteiger partial charge on any atom is 0.416 e. The van der Waals surface area contributed by atoms with E-state index in [2.05, 4.69) is 5.32 Å².